The summed E-state index contributed by atoms with van der Waals surface area (Å²) in [7, 11) is 2.06. The highest BCUT2D eigenvalue weighted by molar-refractivity contribution is 7.17. The van der Waals surface area contributed by atoms with Crippen LogP contribution in [0.25, 0.3) is 10.2 Å². The van der Waals surface area contributed by atoms with Crippen molar-refractivity contribution >= 4 is 50.8 Å². The van der Waals surface area contributed by atoms with Crippen LogP contribution in [0.15, 0.2) is 42.3 Å². The fourth-order valence-electron chi connectivity index (χ4n) is 5.17. The molecule has 3 heterocycles. The van der Waals surface area contributed by atoms with Crippen LogP contribution in [0, 0.1) is 5.82 Å². The van der Waals surface area contributed by atoms with Crippen LogP contribution in [0.1, 0.15) is 48.9 Å². The van der Waals surface area contributed by atoms with Crippen LogP contribution in [0.3, 0.4) is 0 Å². The summed E-state index contributed by atoms with van der Waals surface area (Å²) < 4.78 is 15.9. The largest absolute Gasteiger partial charge is 0.366 e. The molecule has 11 heteroatoms. The van der Waals surface area contributed by atoms with E-state index in [4.69, 9.17) is 4.98 Å². The van der Waals surface area contributed by atoms with Crippen molar-refractivity contribution in [3.8, 4) is 0 Å². The first kappa shape index (κ1) is 27.0. The molecule has 1 aliphatic heterocycles. The molecule has 2 aromatic heterocycles. The van der Waals surface area contributed by atoms with Gasteiger partial charge in [0.2, 0.25) is 11.9 Å². The normalized spacial score (nSPS) is 20.4. The lowest BCUT2D eigenvalue weighted by Crippen LogP contribution is -2.43. The maximum absolute atomic E-state index is 15.0. The molecular weight excluding hydrogens is 517 g/mol. The van der Waals surface area contributed by atoms with E-state index in [1.807, 2.05) is 11.4 Å². The van der Waals surface area contributed by atoms with E-state index in [0.29, 0.717) is 11.6 Å². The van der Waals surface area contributed by atoms with E-state index in [9.17, 15) is 14.0 Å². The van der Waals surface area contributed by atoms with Gasteiger partial charge in [0.25, 0.3) is 5.91 Å². The predicted octanol–water partition coefficient (Wildman–Crippen LogP) is 4.42. The molecule has 2 amide bonds. The average molecular weight is 552 g/mol. The molecule has 1 saturated carbocycles. The number of rotatable bonds is 8. The van der Waals surface area contributed by atoms with E-state index >= 15 is 0 Å². The molecule has 1 aliphatic carbocycles. The van der Waals surface area contributed by atoms with E-state index in [-0.39, 0.29) is 29.6 Å². The Hall–Kier alpha value is -3.57. The third-order valence-corrected chi connectivity index (χ3v) is 8.34. The zero-order valence-electron chi connectivity index (χ0n) is 22.0. The predicted molar refractivity (Wildman–Crippen MR) is 153 cm³/mol. The summed E-state index contributed by atoms with van der Waals surface area (Å²) >= 11 is 1.56. The number of benzene rings is 1. The molecule has 5 rings (SSSR count). The van der Waals surface area contributed by atoms with Gasteiger partial charge in [0.15, 0.2) is 0 Å². The molecule has 0 spiro atoms. The van der Waals surface area contributed by atoms with Crippen LogP contribution in [-0.4, -0.2) is 64.9 Å². The molecule has 9 nitrogen and oxygen atoms in total. The van der Waals surface area contributed by atoms with Gasteiger partial charge in [-0.15, -0.1) is 11.3 Å². The molecular formula is C28H34FN7O2S. The fourth-order valence-corrected chi connectivity index (χ4v) is 5.96. The number of halogens is 1. The maximum Gasteiger partial charge on any atom is 0.254 e. The first-order valence-corrected chi connectivity index (χ1v) is 14.3. The third kappa shape index (κ3) is 6.72. The highest BCUT2D eigenvalue weighted by Gasteiger charge is 2.24. The summed E-state index contributed by atoms with van der Waals surface area (Å²) in [5, 5.41) is 14.6. The number of nitrogens with zero attached hydrogens (tertiary/aromatic N) is 3. The first-order chi connectivity index (χ1) is 18.9. The molecule has 0 bridgehead atoms. The third-order valence-electron chi connectivity index (χ3n) is 7.43. The Kier molecular flexibility index (Phi) is 8.37. The Bertz CT molecular complexity index is 1350. The SMILES string of the molecule is C=CC(=O)NC1CCC(Nc2nc(Nc3ccc(C(=O)NC4CCN(C)CC4)c(F)c3)nc3ccsc23)CC1. The van der Waals surface area contributed by atoms with Crippen LogP contribution >= 0.6 is 11.3 Å². The second-order valence-corrected chi connectivity index (χ2v) is 11.2. The summed E-state index contributed by atoms with van der Waals surface area (Å²) in [5.74, 6) is -0.0555. The van der Waals surface area contributed by atoms with E-state index < -0.39 is 11.7 Å². The van der Waals surface area contributed by atoms with E-state index in [2.05, 4.69) is 44.8 Å². The van der Waals surface area contributed by atoms with Crippen LogP contribution in [0.5, 0.6) is 0 Å². The lowest BCUT2D eigenvalue weighted by Gasteiger charge is -2.29. The molecule has 1 aromatic carbocycles. The van der Waals surface area contributed by atoms with Crippen molar-refractivity contribution in [3.05, 3.63) is 53.7 Å². The summed E-state index contributed by atoms with van der Waals surface area (Å²) in [6.07, 6.45) is 6.56. The van der Waals surface area contributed by atoms with Gasteiger partial charge in [-0.25, -0.2) is 9.37 Å². The lowest BCUT2D eigenvalue weighted by molar-refractivity contribution is -0.117. The smallest absolute Gasteiger partial charge is 0.254 e. The number of thiophene rings is 1. The van der Waals surface area contributed by atoms with Crippen LogP contribution in [0.2, 0.25) is 0 Å². The summed E-state index contributed by atoms with van der Waals surface area (Å²) in [6.45, 7) is 5.34. The fraction of sp³-hybridized carbons (Fsp3) is 0.429. The number of nitrogens with one attached hydrogen (secondary N) is 4. The molecule has 3 aromatic rings. The molecule has 206 valence electrons. The molecule has 0 unspecified atom stereocenters. The molecule has 0 atom stereocenters. The second-order valence-electron chi connectivity index (χ2n) is 10.3. The van der Waals surface area contributed by atoms with Crippen LogP contribution in [0.4, 0.5) is 21.8 Å². The standard InChI is InChI=1S/C28H34FN7O2S/c1-3-24(37)30-17-4-6-18(7-5-17)31-26-25-23(12-15-39-25)34-28(35-26)33-20-8-9-21(22(29)16-20)27(38)32-19-10-13-36(2)14-11-19/h3,8-9,12,15-19H,1,4-7,10-11,13-14H2,2H3,(H,30,37)(H,32,38)(H2,31,33,34,35). The van der Waals surface area contributed by atoms with Gasteiger partial charge < -0.3 is 26.2 Å². The highest BCUT2D eigenvalue weighted by Crippen LogP contribution is 2.31. The van der Waals surface area contributed by atoms with Gasteiger partial charge in [0, 0.05) is 23.8 Å². The summed E-state index contributed by atoms with van der Waals surface area (Å²) in [5.41, 5.74) is 1.28. The van der Waals surface area contributed by atoms with Gasteiger partial charge in [-0.2, -0.15) is 4.98 Å². The van der Waals surface area contributed by atoms with Crippen molar-refractivity contribution in [1.29, 1.82) is 0 Å². The second kappa shape index (κ2) is 12.1. The minimum atomic E-state index is -0.597. The maximum atomic E-state index is 15.0. The monoisotopic (exact) mass is 551 g/mol. The molecule has 2 aliphatic rings. The topological polar surface area (TPSA) is 111 Å². The zero-order chi connectivity index (χ0) is 27.4. The number of anilines is 3. The quantitative estimate of drug-likeness (QED) is 0.307. The zero-order valence-corrected chi connectivity index (χ0v) is 22.8. The number of hydrogen-bond acceptors (Lipinski definition) is 8. The van der Waals surface area contributed by atoms with Crippen molar-refractivity contribution < 1.29 is 14.0 Å². The van der Waals surface area contributed by atoms with Crippen LogP contribution in [-0.2, 0) is 4.79 Å². The summed E-state index contributed by atoms with van der Waals surface area (Å²) in [4.78, 5) is 35.8. The molecule has 1 saturated heterocycles. The van der Waals surface area contributed by atoms with Gasteiger partial charge in [-0.3, -0.25) is 9.59 Å². The van der Waals surface area contributed by atoms with Gasteiger partial charge >= 0.3 is 0 Å². The summed E-state index contributed by atoms with van der Waals surface area (Å²) in [6, 6.07) is 6.82. The molecule has 0 radical (unpaired) electrons. The van der Waals surface area contributed by atoms with Crippen molar-refractivity contribution in [2.24, 2.45) is 0 Å². The van der Waals surface area contributed by atoms with Gasteiger partial charge in [-0.05, 0) is 94.4 Å². The van der Waals surface area contributed by atoms with Gasteiger partial charge in [-0.1, -0.05) is 6.58 Å². The highest BCUT2D eigenvalue weighted by atomic mass is 32.1. The van der Waals surface area contributed by atoms with Crippen molar-refractivity contribution in [2.75, 3.05) is 30.8 Å². The van der Waals surface area contributed by atoms with Gasteiger partial charge in [0.1, 0.15) is 11.6 Å². The first-order valence-electron chi connectivity index (χ1n) is 13.4. The molecule has 39 heavy (non-hydrogen) atoms. The Balaban J connectivity index is 1.24. The Morgan fingerprint density at radius 2 is 1.74 bits per heavy atom. The number of carbonyl (C=O) groups is 2. The van der Waals surface area contributed by atoms with E-state index in [1.54, 1.807) is 17.4 Å². The number of amides is 2. The Labute approximate surface area is 231 Å². The van der Waals surface area contributed by atoms with Crippen molar-refractivity contribution in [1.82, 2.24) is 25.5 Å². The molecule has 2 fully saturated rings. The average Bonchev–Trinajstić information content (AvgIpc) is 3.40. The minimum Gasteiger partial charge on any atom is -0.366 e. The molecule has 4 N–H and O–H groups in total. The van der Waals surface area contributed by atoms with E-state index in [1.165, 1.54) is 18.2 Å². The minimum absolute atomic E-state index is 0.0240. The van der Waals surface area contributed by atoms with Gasteiger partial charge in [0.05, 0.1) is 15.8 Å². The van der Waals surface area contributed by atoms with Crippen molar-refractivity contribution in [2.45, 2.75) is 56.7 Å². The number of likely N-dealkylation sites (tertiary alicyclic amines) is 1. The number of piperidine rings is 1. The van der Waals surface area contributed by atoms with Crippen molar-refractivity contribution in [3.63, 3.8) is 0 Å². The van der Waals surface area contributed by atoms with Crippen LogP contribution < -0.4 is 21.3 Å². The number of hydrogen-bond donors (Lipinski definition) is 4. The van der Waals surface area contributed by atoms with E-state index in [0.717, 1.165) is 67.6 Å². The number of carbonyl (C=O) groups excluding carboxylic acids is 2. The Morgan fingerprint density at radius 1 is 1.03 bits per heavy atom. The number of fused-ring (bicyclic) bond motifs is 1. The number of aromatic nitrogens is 2. The lowest BCUT2D eigenvalue weighted by atomic mass is 9.91. The Morgan fingerprint density at radius 3 is 2.46 bits per heavy atom.